The molecule has 1 aliphatic heterocycles. The van der Waals surface area contributed by atoms with Crippen LogP contribution in [-0.4, -0.2) is 37.3 Å². The van der Waals surface area contributed by atoms with E-state index in [2.05, 4.69) is 0 Å². The van der Waals surface area contributed by atoms with Gasteiger partial charge in [0.05, 0.1) is 0 Å². The van der Waals surface area contributed by atoms with Gasteiger partial charge in [-0.05, 0) is 13.3 Å². The Kier molecular flexibility index (Phi) is 3.18. The zero-order chi connectivity index (χ0) is 11.7. The van der Waals surface area contributed by atoms with Gasteiger partial charge in [0.25, 0.3) is 0 Å². The average molecular weight is 234 g/mol. The van der Waals surface area contributed by atoms with E-state index >= 15 is 0 Å². The maximum Gasteiger partial charge on any atom is 0.321 e. The molecule has 1 rings (SSSR count). The Balaban J connectivity index is 3.18. The van der Waals surface area contributed by atoms with E-state index in [0.29, 0.717) is 6.42 Å². The number of cyclic esters (lactones) is 1. The van der Waals surface area contributed by atoms with Gasteiger partial charge in [0.15, 0.2) is 20.4 Å². The summed E-state index contributed by atoms with van der Waals surface area (Å²) < 4.78 is 26.8. The van der Waals surface area contributed by atoms with Crippen molar-refractivity contribution in [2.75, 3.05) is 12.4 Å². The van der Waals surface area contributed by atoms with Crippen molar-refractivity contribution < 1.29 is 22.7 Å². The third-order valence-electron chi connectivity index (χ3n) is 2.66. The number of Topliss-reactive ketones (excluding diaryl/α,β-unsaturated/α-hetero) is 1. The van der Waals surface area contributed by atoms with E-state index in [1.165, 1.54) is 6.92 Å². The summed E-state index contributed by atoms with van der Waals surface area (Å²) in [6.07, 6.45) is 0.758. The predicted octanol–water partition coefficient (Wildman–Crippen LogP) is 0.0859. The maximum absolute atomic E-state index is 11.8. The molecule has 0 radical (unpaired) electrons. The predicted molar refractivity (Wildman–Crippen MR) is 53.1 cm³/mol. The minimum absolute atomic E-state index is 0.206. The van der Waals surface area contributed by atoms with Crippen LogP contribution in [0.5, 0.6) is 0 Å². The highest BCUT2D eigenvalue weighted by atomic mass is 32.2. The van der Waals surface area contributed by atoms with Crippen molar-refractivity contribution in [1.29, 1.82) is 0 Å². The molecule has 6 heteroatoms. The molecule has 15 heavy (non-hydrogen) atoms. The zero-order valence-electron chi connectivity index (χ0n) is 8.78. The molecular weight excluding hydrogens is 220 g/mol. The maximum atomic E-state index is 11.8. The second-order valence-corrected chi connectivity index (χ2v) is 6.02. The van der Waals surface area contributed by atoms with Crippen LogP contribution < -0.4 is 0 Å². The van der Waals surface area contributed by atoms with Gasteiger partial charge in [0, 0.05) is 0 Å². The van der Waals surface area contributed by atoms with Crippen LogP contribution in [0.2, 0.25) is 0 Å². The first-order valence-corrected chi connectivity index (χ1v) is 6.40. The van der Waals surface area contributed by atoms with E-state index in [9.17, 15) is 18.0 Å². The molecule has 1 fully saturated rings. The highest BCUT2D eigenvalue weighted by Gasteiger charge is 2.52. The second kappa shape index (κ2) is 3.92. The number of hydrogen-bond acceptors (Lipinski definition) is 5. The van der Waals surface area contributed by atoms with E-state index in [1.54, 1.807) is 6.92 Å². The van der Waals surface area contributed by atoms with Crippen LogP contribution in [-0.2, 0) is 24.2 Å². The molecule has 5 nitrogen and oxygen atoms in total. The number of carbonyl (C=O) groups excluding carboxylic acids is 2. The fourth-order valence-electron chi connectivity index (χ4n) is 1.75. The van der Waals surface area contributed by atoms with Crippen LogP contribution >= 0.6 is 0 Å². The standard InChI is InChI=1S/C9H14O5S/c1-3-4-9(7(2)10)6-14-8(11)5-15(9,12)13/h3-6H2,1-2H3. The molecular formula is C9H14O5S. The molecule has 1 unspecified atom stereocenters. The van der Waals surface area contributed by atoms with Crippen LogP contribution in [0.3, 0.4) is 0 Å². The number of ketones is 1. The van der Waals surface area contributed by atoms with Crippen molar-refractivity contribution in [3.05, 3.63) is 0 Å². The Labute approximate surface area is 88.7 Å². The molecule has 1 saturated heterocycles. The monoisotopic (exact) mass is 234 g/mol. The van der Waals surface area contributed by atoms with Crippen LogP contribution in [0, 0.1) is 0 Å². The van der Waals surface area contributed by atoms with Crippen LogP contribution in [0.1, 0.15) is 26.7 Å². The third-order valence-corrected chi connectivity index (χ3v) is 5.08. The van der Waals surface area contributed by atoms with Crippen LogP contribution in [0.4, 0.5) is 0 Å². The first-order valence-electron chi connectivity index (χ1n) is 4.74. The Hall–Kier alpha value is -0.910. The molecule has 0 spiro atoms. The van der Waals surface area contributed by atoms with Crippen LogP contribution in [0.15, 0.2) is 0 Å². The summed E-state index contributed by atoms with van der Waals surface area (Å²) in [5.41, 5.74) is 0. The molecule has 0 aliphatic carbocycles. The molecule has 1 aliphatic rings. The van der Waals surface area contributed by atoms with E-state index < -0.39 is 32.1 Å². The quantitative estimate of drug-likeness (QED) is 0.646. The summed E-state index contributed by atoms with van der Waals surface area (Å²) in [6.45, 7) is 2.68. The highest BCUT2D eigenvalue weighted by Crippen LogP contribution is 2.29. The minimum Gasteiger partial charge on any atom is -0.463 e. The van der Waals surface area contributed by atoms with E-state index in [1.807, 2.05) is 0 Å². The lowest BCUT2D eigenvalue weighted by molar-refractivity contribution is -0.143. The van der Waals surface area contributed by atoms with E-state index in [0.717, 1.165) is 0 Å². The number of rotatable bonds is 3. The first kappa shape index (κ1) is 12.2. The summed E-state index contributed by atoms with van der Waals surface area (Å²) in [7, 11) is -3.72. The normalized spacial score (nSPS) is 29.6. The van der Waals surface area contributed by atoms with Gasteiger partial charge in [-0.3, -0.25) is 9.59 Å². The van der Waals surface area contributed by atoms with Crippen molar-refractivity contribution in [2.45, 2.75) is 31.4 Å². The topological polar surface area (TPSA) is 77.5 Å². The molecule has 86 valence electrons. The summed E-state index contributed by atoms with van der Waals surface area (Å²) in [4.78, 5) is 22.3. The summed E-state index contributed by atoms with van der Waals surface area (Å²) in [6, 6.07) is 0. The Bertz CT molecular complexity index is 383. The van der Waals surface area contributed by atoms with Gasteiger partial charge in [-0.15, -0.1) is 0 Å². The largest absolute Gasteiger partial charge is 0.463 e. The summed E-state index contributed by atoms with van der Waals surface area (Å²) in [5.74, 6) is -1.91. The molecule has 0 aromatic carbocycles. The number of carbonyl (C=O) groups is 2. The zero-order valence-corrected chi connectivity index (χ0v) is 9.59. The lowest BCUT2D eigenvalue weighted by atomic mass is 9.99. The van der Waals surface area contributed by atoms with Gasteiger partial charge in [-0.25, -0.2) is 8.42 Å². The molecule has 0 bridgehead atoms. The fourth-order valence-corrected chi connectivity index (χ4v) is 3.61. The molecule has 0 aromatic heterocycles. The van der Waals surface area contributed by atoms with Gasteiger partial charge < -0.3 is 4.74 Å². The molecule has 1 atom stereocenters. The summed E-state index contributed by atoms with van der Waals surface area (Å²) in [5, 5.41) is 0. The lowest BCUT2D eigenvalue weighted by Crippen LogP contribution is -2.55. The van der Waals surface area contributed by atoms with E-state index in [-0.39, 0.29) is 13.0 Å². The van der Waals surface area contributed by atoms with Crippen molar-refractivity contribution in [3.63, 3.8) is 0 Å². The van der Waals surface area contributed by atoms with Gasteiger partial charge in [0.2, 0.25) is 0 Å². The molecule has 0 saturated carbocycles. The fraction of sp³-hybridized carbons (Fsp3) is 0.778. The number of sulfone groups is 1. The van der Waals surface area contributed by atoms with Gasteiger partial charge in [-0.1, -0.05) is 13.3 Å². The Morgan fingerprint density at radius 2 is 2.13 bits per heavy atom. The Morgan fingerprint density at radius 3 is 2.53 bits per heavy atom. The van der Waals surface area contributed by atoms with Crippen molar-refractivity contribution >= 4 is 21.6 Å². The number of hydrogen-bond donors (Lipinski definition) is 0. The number of esters is 1. The molecule has 1 heterocycles. The van der Waals surface area contributed by atoms with Crippen LogP contribution in [0.25, 0.3) is 0 Å². The average Bonchev–Trinajstić information content (AvgIpc) is 2.08. The number of ether oxygens (including phenoxy) is 1. The van der Waals surface area contributed by atoms with Crippen molar-refractivity contribution in [3.8, 4) is 0 Å². The lowest BCUT2D eigenvalue weighted by Gasteiger charge is -2.33. The van der Waals surface area contributed by atoms with Gasteiger partial charge in [0.1, 0.15) is 12.4 Å². The second-order valence-electron chi connectivity index (χ2n) is 3.72. The molecule has 0 N–H and O–H groups in total. The highest BCUT2D eigenvalue weighted by molar-refractivity contribution is 7.94. The van der Waals surface area contributed by atoms with Gasteiger partial charge in [-0.2, -0.15) is 0 Å². The SMILES string of the molecule is CCCC1(C(C)=O)COC(=O)CS1(=O)=O. The molecule has 0 amide bonds. The third kappa shape index (κ3) is 1.90. The first-order chi connectivity index (χ1) is 6.85. The van der Waals surface area contributed by atoms with Gasteiger partial charge >= 0.3 is 5.97 Å². The van der Waals surface area contributed by atoms with Crippen molar-refractivity contribution in [1.82, 2.24) is 0 Å². The van der Waals surface area contributed by atoms with E-state index in [4.69, 9.17) is 4.74 Å². The van der Waals surface area contributed by atoms with Crippen molar-refractivity contribution in [2.24, 2.45) is 0 Å². The molecule has 0 aromatic rings. The smallest absolute Gasteiger partial charge is 0.321 e. The minimum atomic E-state index is -3.72. The Morgan fingerprint density at radius 1 is 1.53 bits per heavy atom. The summed E-state index contributed by atoms with van der Waals surface area (Å²) >= 11 is 0.